The van der Waals surface area contributed by atoms with Gasteiger partial charge in [0, 0.05) is 75.1 Å². The third-order valence-electron chi connectivity index (χ3n) is 13.5. The van der Waals surface area contributed by atoms with E-state index in [0.717, 1.165) is 82.2 Å². The molecule has 3 aromatic carbocycles. The fraction of sp³-hybridized carbons (Fsp3) is 0.457. The average Bonchev–Trinajstić information content (AvgIpc) is 3.55. The first kappa shape index (κ1) is 35.8. The number of hydrogen-bond donors (Lipinski definition) is 2. The predicted molar refractivity (Wildman–Crippen MR) is 215 cm³/mol. The van der Waals surface area contributed by atoms with Crippen LogP contribution in [-0.2, 0) is 22.6 Å². The number of hydrogen-bond acceptors (Lipinski definition) is 7. The van der Waals surface area contributed by atoms with Gasteiger partial charge in [-0.25, -0.2) is 0 Å². The standard InChI is InChI=1S/C46H53N5O4/c52-38-12-15-40-34(29-38)8-13-39(32-4-2-1-3-5-32)44(40)33-6-9-36(10-7-33)49-22-19-31(20-23-49)18-21-48-24-26-50(27-25-48)37-11-14-41-35(28-37)30-51(46(41)55)42-16-17-43(53)47-45(42)54/h1-4,6-7,9-12,14-15,28-29,31-32,39,42,44,52H,5,8,13,16-27,30H2,(H,47,53,54)/t32?,39-,42?,44+/m1/s1. The molecule has 0 spiro atoms. The molecule has 6 aliphatic rings. The van der Waals surface area contributed by atoms with Crippen LogP contribution in [0.1, 0.15) is 83.5 Å². The zero-order valence-electron chi connectivity index (χ0n) is 31.7. The van der Waals surface area contributed by atoms with Gasteiger partial charge in [0.25, 0.3) is 5.91 Å². The van der Waals surface area contributed by atoms with E-state index in [1.165, 1.54) is 41.6 Å². The number of phenols is 1. The van der Waals surface area contributed by atoms with Crippen LogP contribution >= 0.6 is 0 Å². The number of aromatic hydroxyl groups is 1. The number of nitrogens with one attached hydrogen (secondary N) is 1. The van der Waals surface area contributed by atoms with Gasteiger partial charge in [-0.15, -0.1) is 0 Å². The van der Waals surface area contributed by atoms with E-state index in [1.54, 1.807) is 4.90 Å². The van der Waals surface area contributed by atoms with Crippen LogP contribution in [0, 0.1) is 17.8 Å². The summed E-state index contributed by atoms with van der Waals surface area (Å²) in [4.78, 5) is 46.5. The Morgan fingerprint density at radius 1 is 0.745 bits per heavy atom. The first-order valence-corrected chi connectivity index (χ1v) is 20.6. The lowest BCUT2D eigenvalue weighted by Crippen LogP contribution is -2.52. The first-order valence-electron chi connectivity index (χ1n) is 20.6. The molecule has 9 heteroatoms. The predicted octanol–water partition coefficient (Wildman–Crippen LogP) is 6.41. The van der Waals surface area contributed by atoms with Gasteiger partial charge in [-0.2, -0.15) is 0 Å². The molecule has 0 bridgehead atoms. The molecule has 0 radical (unpaired) electrons. The Labute approximate surface area is 324 Å². The Morgan fingerprint density at radius 2 is 1.53 bits per heavy atom. The molecule has 55 heavy (non-hydrogen) atoms. The summed E-state index contributed by atoms with van der Waals surface area (Å²) in [7, 11) is 0. The summed E-state index contributed by atoms with van der Waals surface area (Å²) in [6, 6.07) is 21.0. The number of rotatable bonds is 8. The van der Waals surface area contributed by atoms with Gasteiger partial charge in [-0.3, -0.25) is 24.6 Å². The monoisotopic (exact) mass is 739 g/mol. The number of piperazine rings is 1. The Hall–Kier alpha value is -4.89. The molecule has 0 aromatic heterocycles. The summed E-state index contributed by atoms with van der Waals surface area (Å²) in [5.74, 6) is 1.80. The number of amides is 3. The quantitative estimate of drug-likeness (QED) is 0.258. The van der Waals surface area contributed by atoms with E-state index in [-0.39, 0.29) is 24.1 Å². The SMILES string of the molecule is O=C1CCC(N2Cc3cc(N4CCN(CCC5CCN(c6ccc([C@@H]7c8ccc(O)cc8CC[C@@H]7C7C=CC=CC7)cc6)CC5)CC4)ccc3C2=O)C(=O)N1. The number of fused-ring (bicyclic) bond motifs is 2. The van der Waals surface area contributed by atoms with Crippen molar-refractivity contribution in [3.05, 3.63) is 113 Å². The molecule has 286 valence electrons. The Balaban J connectivity index is 0.752. The van der Waals surface area contributed by atoms with Crippen LogP contribution in [0.25, 0.3) is 0 Å². The smallest absolute Gasteiger partial charge is 0.255 e. The number of nitrogens with zero attached hydrogens (tertiary/aromatic N) is 4. The average molecular weight is 740 g/mol. The Morgan fingerprint density at radius 3 is 2.29 bits per heavy atom. The highest BCUT2D eigenvalue weighted by molar-refractivity contribution is 6.05. The summed E-state index contributed by atoms with van der Waals surface area (Å²) >= 11 is 0. The largest absolute Gasteiger partial charge is 0.508 e. The Kier molecular flexibility index (Phi) is 9.98. The molecule has 3 saturated heterocycles. The zero-order valence-corrected chi connectivity index (χ0v) is 31.7. The fourth-order valence-electron chi connectivity index (χ4n) is 10.4. The molecule has 4 heterocycles. The van der Waals surface area contributed by atoms with Crippen molar-refractivity contribution in [1.29, 1.82) is 0 Å². The molecule has 3 aromatic rings. The second-order valence-electron chi connectivity index (χ2n) is 16.7. The molecule has 4 atom stereocenters. The number of phenolic OH excluding ortho intramolecular Hbond substituents is 1. The number of piperidine rings is 2. The van der Waals surface area contributed by atoms with Gasteiger partial charge in [0.2, 0.25) is 11.8 Å². The molecule has 3 amide bonds. The topological polar surface area (TPSA) is 96.4 Å². The number of benzene rings is 3. The molecule has 0 saturated carbocycles. The van der Waals surface area contributed by atoms with E-state index < -0.39 is 6.04 Å². The molecule has 4 aliphatic heterocycles. The highest BCUT2D eigenvalue weighted by Gasteiger charge is 2.40. The number of allylic oxidation sites excluding steroid dienone is 4. The first-order chi connectivity index (χ1) is 26.9. The molecule has 2 unspecified atom stereocenters. The van der Waals surface area contributed by atoms with Crippen LogP contribution in [0.15, 0.2) is 85.0 Å². The molecule has 9 nitrogen and oxygen atoms in total. The van der Waals surface area contributed by atoms with E-state index in [0.29, 0.717) is 42.0 Å². The number of imide groups is 1. The second-order valence-corrected chi connectivity index (χ2v) is 16.7. The third-order valence-corrected chi connectivity index (χ3v) is 13.5. The van der Waals surface area contributed by atoms with E-state index in [9.17, 15) is 19.5 Å². The van der Waals surface area contributed by atoms with Crippen molar-refractivity contribution in [2.45, 2.75) is 69.9 Å². The molecule has 3 fully saturated rings. The minimum atomic E-state index is -0.581. The number of carbonyl (C=O) groups is 3. The summed E-state index contributed by atoms with van der Waals surface area (Å²) in [6.07, 6.45) is 16.7. The maximum absolute atomic E-state index is 13.1. The molecule has 2 N–H and O–H groups in total. The van der Waals surface area contributed by atoms with Crippen LogP contribution in [0.5, 0.6) is 5.75 Å². The lowest BCUT2D eigenvalue weighted by Gasteiger charge is -2.39. The minimum Gasteiger partial charge on any atom is -0.508 e. The molecule has 9 rings (SSSR count). The number of carbonyl (C=O) groups excluding carboxylic acids is 3. The summed E-state index contributed by atoms with van der Waals surface area (Å²) in [6.45, 7) is 7.75. The minimum absolute atomic E-state index is 0.118. The van der Waals surface area contributed by atoms with Crippen LogP contribution in [0.4, 0.5) is 11.4 Å². The van der Waals surface area contributed by atoms with Gasteiger partial charge in [0.05, 0.1) is 0 Å². The number of aryl methyl sites for hydroxylation is 1. The van der Waals surface area contributed by atoms with Crippen molar-refractivity contribution >= 4 is 29.1 Å². The van der Waals surface area contributed by atoms with E-state index in [1.807, 2.05) is 24.3 Å². The van der Waals surface area contributed by atoms with E-state index in [2.05, 4.69) is 80.7 Å². The van der Waals surface area contributed by atoms with Crippen molar-refractivity contribution in [1.82, 2.24) is 15.1 Å². The molecular formula is C46H53N5O4. The lowest BCUT2D eigenvalue weighted by atomic mass is 9.66. The van der Waals surface area contributed by atoms with Crippen molar-refractivity contribution in [2.75, 3.05) is 55.6 Å². The molecular weight excluding hydrogens is 687 g/mol. The van der Waals surface area contributed by atoms with Crippen molar-refractivity contribution in [2.24, 2.45) is 17.8 Å². The van der Waals surface area contributed by atoms with Crippen molar-refractivity contribution < 1.29 is 19.5 Å². The Bertz CT molecular complexity index is 1990. The maximum atomic E-state index is 13.1. The van der Waals surface area contributed by atoms with Gasteiger partial charge in [0.1, 0.15) is 11.8 Å². The zero-order chi connectivity index (χ0) is 37.5. The lowest BCUT2D eigenvalue weighted by molar-refractivity contribution is -0.136. The normalized spacial score (nSPS) is 26.0. The van der Waals surface area contributed by atoms with Crippen molar-refractivity contribution in [3.63, 3.8) is 0 Å². The summed E-state index contributed by atoms with van der Waals surface area (Å²) in [5.41, 5.74) is 8.17. The van der Waals surface area contributed by atoms with Gasteiger partial charge >= 0.3 is 0 Å². The summed E-state index contributed by atoms with van der Waals surface area (Å²) in [5, 5.41) is 12.6. The fourth-order valence-corrected chi connectivity index (χ4v) is 10.4. The highest BCUT2D eigenvalue weighted by atomic mass is 16.3. The van der Waals surface area contributed by atoms with Gasteiger partial charge in [0.15, 0.2) is 0 Å². The van der Waals surface area contributed by atoms with Crippen LogP contribution in [0.2, 0.25) is 0 Å². The number of anilines is 2. The van der Waals surface area contributed by atoms with Gasteiger partial charge in [-0.05, 0) is 134 Å². The highest BCUT2D eigenvalue weighted by Crippen LogP contribution is 2.47. The van der Waals surface area contributed by atoms with Crippen molar-refractivity contribution in [3.8, 4) is 5.75 Å². The van der Waals surface area contributed by atoms with Crippen LogP contribution < -0.4 is 15.1 Å². The third kappa shape index (κ3) is 7.31. The van der Waals surface area contributed by atoms with Gasteiger partial charge < -0.3 is 19.8 Å². The van der Waals surface area contributed by atoms with E-state index in [4.69, 9.17) is 0 Å². The van der Waals surface area contributed by atoms with Crippen LogP contribution in [0.3, 0.4) is 0 Å². The molecule has 2 aliphatic carbocycles. The van der Waals surface area contributed by atoms with E-state index >= 15 is 0 Å². The maximum Gasteiger partial charge on any atom is 0.255 e. The second kappa shape index (κ2) is 15.3. The van der Waals surface area contributed by atoms with Gasteiger partial charge in [-0.1, -0.05) is 42.5 Å². The summed E-state index contributed by atoms with van der Waals surface area (Å²) < 4.78 is 0. The van der Waals surface area contributed by atoms with Crippen LogP contribution in [-0.4, -0.2) is 84.5 Å².